The Labute approximate surface area is 99.4 Å². The summed E-state index contributed by atoms with van der Waals surface area (Å²) in [5.74, 6) is 0.205. The maximum atomic E-state index is 12.0. The van der Waals surface area contributed by atoms with Crippen LogP contribution in [0.25, 0.3) is 0 Å². The smallest absolute Gasteiger partial charge is 0.387 e. The lowest BCUT2D eigenvalue weighted by Crippen LogP contribution is -2.55. The van der Waals surface area contributed by atoms with E-state index in [9.17, 15) is 8.78 Å². The number of alkyl halides is 2. The fourth-order valence-electron chi connectivity index (χ4n) is 1.78. The van der Waals surface area contributed by atoms with Crippen LogP contribution in [0, 0.1) is 0 Å². The second-order valence-corrected chi connectivity index (χ2v) is 4.25. The summed E-state index contributed by atoms with van der Waals surface area (Å²) in [4.78, 5) is 2.25. The minimum Gasteiger partial charge on any atom is -0.435 e. The quantitative estimate of drug-likeness (QED) is 0.850. The van der Waals surface area contributed by atoms with E-state index in [2.05, 4.69) is 22.0 Å². The van der Waals surface area contributed by atoms with Gasteiger partial charge in [0.1, 0.15) is 5.75 Å². The van der Waals surface area contributed by atoms with Crippen molar-refractivity contribution in [3.63, 3.8) is 0 Å². The molecule has 0 aliphatic carbocycles. The third-order valence-electron chi connectivity index (χ3n) is 2.96. The Morgan fingerprint density at radius 2 is 2.00 bits per heavy atom. The minimum atomic E-state index is -2.76. The molecular formula is C12H16F2N2O. The van der Waals surface area contributed by atoms with Gasteiger partial charge in [-0.15, -0.1) is 0 Å². The summed E-state index contributed by atoms with van der Waals surface area (Å²) < 4.78 is 28.2. The first-order chi connectivity index (χ1) is 8.15. The van der Waals surface area contributed by atoms with Crippen molar-refractivity contribution in [2.24, 2.45) is 0 Å². The van der Waals surface area contributed by atoms with E-state index in [0.717, 1.165) is 25.2 Å². The van der Waals surface area contributed by atoms with Crippen molar-refractivity contribution in [1.29, 1.82) is 0 Å². The zero-order valence-corrected chi connectivity index (χ0v) is 9.70. The van der Waals surface area contributed by atoms with Crippen LogP contribution in [-0.2, 0) is 6.54 Å². The summed E-state index contributed by atoms with van der Waals surface area (Å²) in [5, 5.41) is 3.21. The highest BCUT2D eigenvalue weighted by Crippen LogP contribution is 2.16. The van der Waals surface area contributed by atoms with Gasteiger partial charge in [-0.05, 0) is 24.7 Å². The van der Waals surface area contributed by atoms with Gasteiger partial charge in [0.25, 0.3) is 0 Å². The summed E-state index contributed by atoms with van der Waals surface area (Å²) in [6.45, 7) is 0.0950. The van der Waals surface area contributed by atoms with Gasteiger partial charge in [-0.2, -0.15) is 8.78 Å². The van der Waals surface area contributed by atoms with Crippen molar-refractivity contribution in [3.05, 3.63) is 29.8 Å². The monoisotopic (exact) mass is 242 g/mol. The lowest BCUT2D eigenvalue weighted by Gasteiger charge is -2.35. The van der Waals surface area contributed by atoms with Crippen LogP contribution in [0.4, 0.5) is 8.78 Å². The van der Waals surface area contributed by atoms with E-state index in [4.69, 9.17) is 0 Å². The van der Waals surface area contributed by atoms with E-state index >= 15 is 0 Å². The maximum Gasteiger partial charge on any atom is 0.387 e. The minimum absolute atomic E-state index is 0.205. The molecule has 0 saturated carbocycles. The molecule has 1 aliphatic rings. The average molecular weight is 242 g/mol. The second kappa shape index (κ2) is 5.42. The van der Waals surface area contributed by atoms with Crippen molar-refractivity contribution in [2.75, 3.05) is 20.1 Å². The summed E-state index contributed by atoms with van der Waals surface area (Å²) in [6, 6.07) is 7.37. The maximum absolute atomic E-state index is 12.0. The molecule has 94 valence electrons. The molecule has 0 radical (unpaired) electrons. The van der Waals surface area contributed by atoms with Gasteiger partial charge < -0.3 is 10.1 Å². The first-order valence-corrected chi connectivity index (χ1v) is 5.60. The standard InChI is InChI=1S/C12H16F2N2O/c1-16(10-6-15-7-10)8-9-2-4-11(5-3-9)17-12(13)14/h2-5,10,12,15H,6-8H2,1H3. The van der Waals surface area contributed by atoms with Crippen molar-refractivity contribution < 1.29 is 13.5 Å². The number of hydrogen-bond donors (Lipinski definition) is 1. The fourth-order valence-corrected chi connectivity index (χ4v) is 1.78. The van der Waals surface area contributed by atoms with Gasteiger partial charge in [-0.1, -0.05) is 12.1 Å². The van der Waals surface area contributed by atoms with Gasteiger partial charge in [0.2, 0.25) is 0 Å². The van der Waals surface area contributed by atoms with Gasteiger partial charge in [-0.25, -0.2) is 0 Å². The largest absolute Gasteiger partial charge is 0.435 e. The SMILES string of the molecule is CN(Cc1ccc(OC(F)F)cc1)C1CNC1. The number of ether oxygens (including phenoxy) is 1. The molecule has 1 aliphatic heterocycles. The van der Waals surface area contributed by atoms with Crippen LogP contribution in [0.1, 0.15) is 5.56 Å². The Hall–Kier alpha value is -1.20. The van der Waals surface area contributed by atoms with E-state index < -0.39 is 6.61 Å². The highest BCUT2D eigenvalue weighted by Gasteiger charge is 2.21. The number of likely N-dealkylation sites (N-methyl/N-ethyl adjacent to an activating group) is 1. The third kappa shape index (κ3) is 3.38. The molecule has 17 heavy (non-hydrogen) atoms. The van der Waals surface area contributed by atoms with Crippen LogP contribution in [-0.4, -0.2) is 37.7 Å². The molecule has 1 fully saturated rings. The molecule has 1 heterocycles. The summed E-state index contributed by atoms with van der Waals surface area (Å²) in [5.41, 5.74) is 1.10. The zero-order chi connectivity index (χ0) is 12.3. The van der Waals surface area contributed by atoms with Gasteiger partial charge in [-0.3, -0.25) is 4.90 Å². The second-order valence-electron chi connectivity index (χ2n) is 4.25. The molecule has 0 spiro atoms. The van der Waals surface area contributed by atoms with Gasteiger partial charge in [0.05, 0.1) is 0 Å². The molecular weight excluding hydrogens is 226 g/mol. The molecule has 0 atom stereocenters. The van der Waals surface area contributed by atoms with Crippen molar-refractivity contribution in [1.82, 2.24) is 10.2 Å². The zero-order valence-electron chi connectivity index (χ0n) is 9.70. The van der Waals surface area contributed by atoms with Gasteiger partial charge >= 0.3 is 6.61 Å². The Kier molecular flexibility index (Phi) is 3.91. The number of benzene rings is 1. The molecule has 2 rings (SSSR count). The van der Waals surface area contributed by atoms with E-state index in [0.29, 0.717) is 6.04 Å². The summed E-state index contributed by atoms with van der Waals surface area (Å²) in [6.07, 6.45) is 0. The van der Waals surface area contributed by atoms with Crippen molar-refractivity contribution in [3.8, 4) is 5.75 Å². The first-order valence-electron chi connectivity index (χ1n) is 5.60. The Morgan fingerprint density at radius 3 is 2.47 bits per heavy atom. The van der Waals surface area contributed by atoms with Crippen LogP contribution in [0.15, 0.2) is 24.3 Å². The molecule has 0 unspecified atom stereocenters. The normalized spacial score (nSPS) is 16.3. The van der Waals surface area contributed by atoms with E-state index in [1.807, 2.05) is 12.1 Å². The fraction of sp³-hybridized carbons (Fsp3) is 0.500. The number of hydrogen-bond acceptors (Lipinski definition) is 3. The van der Waals surface area contributed by atoms with E-state index in [1.165, 1.54) is 0 Å². The number of nitrogens with one attached hydrogen (secondary N) is 1. The Balaban J connectivity index is 1.88. The Bertz CT molecular complexity index is 352. The molecule has 1 aromatic rings. The molecule has 1 aromatic carbocycles. The number of nitrogens with zero attached hydrogens (tertiary/aromatic N) is 1. The van der Waals surface area contributed by atoms with Crippen molar-refractivity contribution in [2.45, 2.75) is 19.2 Å². The van der Waals surface area contributed by atoms with Crippen LogP contribution >= 0.6 is 0 Å². The van der Waals surface area contributed by atoms with Crippen LogP contribution in [0.2, 0.25) is 0 Å². The summed E-state index contributed by atoms with van der Waals surface area (Å²) >= 11 is 0. The molecule has 0 amide bonds. The van der Waals surface area contributed by atoms with Crippen LogP contribution in [0.3, 0.4) is 0 Å². The molecule has 5 heteroatoms. The first kappa shape index (κ1) is 12.3. The molecule has 3 nitrogen and oxygen atoms in total. The average Bonchev–Trinajstić information content (AvgIpc) is 2.17. The highest BCUT2D eigenvalue weighted by atomic mass is 19.3. The van der Waals surface area contributed by atoms with Gasteiger partial charge in [0, 0.05) is 25.7 Å². The lowest BCUT2D eigenvalue weighted by atomic mass is 10.1. The number of rotatable bonds is 5. The predicted octanol–water partition coefficient (Wildman–Crippen LogP) is 1.69. The molecule has 1 saturated heterocycles. The topological polar surface area (TPSA) is 24.5 Å². The van der Waals surface area contributed by atoms with Crippen molar-refractivity contribution >= 4 is 0 Å². The molecule has 0 bridgehead atoms. The summed E-state index contributed by atoms with van der Waals surface area (Å²) in [7, 11) is 2.06. The van der Waals surface area contributed by atoms with E-state index in [-0.39, 0.29) is 5.75 Å². The van der Waals surface area contributed by atoms with E-state index in [1.54, 1.807) is 12.1 Å². The highest BCUT2D eigenvalue weighted by molar-refractivity contribution is 5.27. The van der Waals surface area contributed by atoms with Crippen LogP contribution in [0.5, 0.6) is 5.75 Å². The third-order valence-corrected chi connectivity index (χ3v) is 2.96. The lowest BCUT2D eigenvalue weighted by molar-refractivity contribution is -0.0498. The predicted molar refractivity (Wildman–Crippen MR) is 61.2 cm³/mol. The molecule has 1 N–H and O–H groups in total. The Morgan fingerprint density at radius 1 is 1.35 bits per heavy atom. The van der Waals surface area contributed by atoms with Crippen LogP contribution < -0.4 is 10.1 Å². The van der Waals surface area contributed by atoms with Gasteiger partial charge in [0.15, 0.2) is 0 Å². The molecule has 0 aromatic heterocycles. The number of halogens is 2.